The van der Waals surface area contributed by atoms with E-state index in [9.17, 15) is 4.79 Å². The zero-order valence-electron chi connectivity index (χ0n) is 11.6. The minimum absolute atomic E-state index is 0. The molecule has 0 spiro atoms. The average Bonchev–Trinajstić information content (AvgIpc) is 2.46. The van der Waals surface area contributed by atoms with Crippen molar-refractivity contribution in [2.75, 3.05) is 31.1 Å². The van der Waals surface area contributed by atoms with E-state index in [1.807, 2.05) is 36.1 Å². The van der Waals surface area contributed by atoms with Gasteiger partial charge in [0.15, 0.2) is 0 Å². The topological polar surface area (TPSA) is 49.6 Å². The van der Waals surface area contributed by atoms with E-state index < -0.39 is 0 Å². The molecule has 1 aliphatic heterocycles. The van der Waals surface area contributed by atoms with Crippen LogP contribution in [0.5, 0.6) is 0 Å². The van der Waals surface area contributed by atoms with E-state index in [1.165, 1.54) is 0 Å². The van der Waals surface area contributed by atoms with Gasteiger partial charge in [0.2, 0.25) is 5.91 Å². The highest BCUT2D eigenvalue weighted by atomic mass is 35.5. The summed E-state index contributed by atoms with van der Waals surface area (Å²) in [5.74, 6) is 0.0632. The zero-order valence-corrected chi connectivity index (χ0v) is 13.2. The molecule has 0 aromatic heterocycles. The first-order valence-corrected chi connectivity index (χ1v) is 7.04. The van der Waals surface area contributed by atoms with Crippen molar-refractivity contribution in [2.45, 2.75) is 19.4 Å². The van der Waals surface area contributed by atoms with Crippen molar-refractivity contribution < 1.29 is 4.79 Å². The minimum Gasteiger partial charge on any atom is -0.368 e. The standard InChI is InChI=1S/C14H20ClN3O.ClH/c1-2-13(16)14(19)18-8-6-17(7-9-18)12-5-3-4-11(15)10-12;/h3-5,10,13H,2,6-9,16H2,1H3;1H/t13-;/m0./s1. The lowest BCUT2D eigenvalue weighted by atomic mass is 10.2. The maximum atomic E-state index is 12.0. The summed E-state index contributed by atoms with van der Waals surface area (Å²) in [7, 11) is 0. The Labute approximate surface area is 131 Å². The molecule has 2 rings (SSSR count). The molecule has 1 atom stereocenters. The van der Waals surface area contributed by atoms with Gasteiger partial charge in [-0.2, -0.15) is 0 Å². The van der Waals surface area contributed by atoms with Crippen molar-refractivity contribution in [2.24, 2.45) is 5.73 Å². The van der Waals surface area contributed by atoms with Gasteiger partial charge < -0.3 is 15.5 Å². The monoisotopic (exact) mass is 317 g/mol. The Morgan fingerprint density at radius 3 is 2.55 bits per heavy atom. The number of halogens is 2. The summed E-state index contributed by atoms with van der Waals surface area (Å²) in [5, 5.41) is 0.740. The number of anilines is 1. The number of amides is 1. The van der Waals surface area contributed by atoms with E-state index in [2.05, 4.69) is 4.90 Å². The summed E-state index contributed by atoms with van der Waals surface area (Å²) in [5.41, 5.74) is 6.90. The van der Waals surface area contributed by atoms with Crippen LogP contribution in [0.1, 0.15) is 13.3 Å². The van der Waals surface area contributed by atoms with Crippen molar-refractivity contribution in [1.82, 2.24) is 4.90 Å². The van der Waals surface area contributed by atoms with Crippen molar-refractivity contribution in [1.29, 1.82) is 0 Å². The van der Waals surface area contributed by atoms with Crippen molar-refractivity contribution in [3.05, 3.63) is 29.3 Å². The first-order chi connectivity index (χ1) is 9.11. The molecule has 6 heteroatoms. The molecule has 112 valence electrons. The predicted octanol–water partition coefficient (Wildman–Crippen LogP) is 2.15. The second-order valence-corrected chi connectivity index (χ2v) is 5.24. The van der Waals surface area contributed by atoms with E-state index in [1.54, 1.807) is 0 Å². The molecular weight excluding hydrogens is 297 g/mol. The predicted molar refractivity (Wildman–Crippen MR) is 85.8 cm³/mol. The fraction of sp³-hybridized carbons (Fsp3) is 0.500. The number of rotatable bonds is 3. The molecule has 1 aromatic rings. The van der Waals surface area contributed by atoms with Gasteiger partial charge in [-0.25, -0.2) is 0 Å². The molecule has 0 unspecified atom stereocenters. The van der Waals surface area contributed by atoms with Gasteiger partial charge in [0, 0.05) is 36.9 Å². The summed E-state index contributed by atoms with van der Waals surface area (Å²) < 4.78 is 0. The molecule has 1 heterocycles. The second kappa shape index (κ2) is 7.72. The fourth-order valence-corrected chi connectivity index (χ4v) is 2.45. The van der Waals surface area contributed by atoms with Crippen molar-refractivity contribution in [3.8, 4) is 0 Å². The summed E-state index contributed by atoms with van der Waals surface area (Å²) in [6, 6.07) is 7.45. The third kappa shape index (κ3) is 4.01. The van der Waals surface area contributed by atoms with Crippen LogP contribution < -0.4 is 10.6 Å². The Balaban J connectivity index is 0.00000200. The Kier molecular flexibility index (Phi) is 6.59. The number of carbonyl (C=O) groups excluding carboxylic acids is 1. The highest BCUT2D eigenvalue weighted by Crippen LogP contribution is 2.20. The van der Waals surface area contributed by atoms with Crippen LogP contribution in [0.2, 0.25) is 5.02 Å². The molecular formula is C14H21Cl2N3O. The van der Waals surface area contributed by atoms with Gasteiger partial charge in [-0.05, 0) is 24.6 Å². The highest BCUT2D eigenvalue weighted by molar-refractivity contribution is 6.30. The van der Waals surface area contributed by atoms with Crippen molar-refractivity contribution >= 4 is 35.6 Å². The SMILES string of the molecule is CC[C@H](N)C(=O)N1CCN(c2cccc(Cl)c2)CC1.Cl. The van der Waals surface area contributed by atoms with Gasteiger partial charge >= 0.3 is 0 Å². The smallest absolute Gasteiger partial charge is 0.239 e. The zero-order chi connectivity index (χ0) is 13.8. The van der Waals surface area contributed by atoms with E-state index in [4.69, 9.17) is 17.3 Å². The van der Waals surface area contributed by atoms with Crippen LogP contribution >= 0.6 is 24.0 Å². The van der Waals surface area contributed by atoms with Gasteiger partial charge in [-0.1, -0.05) is 24.6 Å². The molecule has 0 radical (unpaired) electrons. The maximum absolute atomic E-state index is 12.0. The number of carbonyl (C=O) groups is 1. The number of hydrogen-bond donors (Lipinski definition) is 1. The summed E-state index contributed by atoms with van der Waals surface area (Å²) in [6.45, 7) is 5.02. The summed E-state index contributed by atoms with van der Waals surface area (Å²) in [4.78, 5) is 16.1. The van der Waals surface area contributed by atoms with Crippen LogP contribution in [0.15, 0.2) is 24.3 Å². The first-order valence-electron chi connectivity index (χ1n) is 6.66. The van der Waals surface area contributed by atoms with Crippen LogP contribution in [0.4, 0.5) is 5.69 Å². The number of piperazine rings is 1. The molecule has 2 N–H and O–H groups in total. The van der Waals surface area contributed by atoms with E-state index >= 15 is 0 Å². The van der Waals surface area contributed by atoms with Crippen LogP contribution in [-0.2, 0) is 4.79 Å². The highest BCUT2D eigenvalue weighted by Gasteiger charge is 2.24. The lowest BCUT2D eigenvalue weighted by Gasteiger charge is -2.37. The molecule has 1 saturated heterocycles. The number of hydrogen-bond acceptors (Lipinski definition) is 3. The molecule has 0 aliphatic carbocycles. The lowest BCUT2D eigenvalue weighted by Crippen LogP contribution is -2.53. The largest absolute Gasteiger partial charge is 0.368 e. The fourth-order valence-electron chi connectivity index (χ4n) is 2.27. The molecule has 0 bridgehead atoms. The molecule has 1 aliphatic rings. The Morgan fingerprint density at radius 2 is 2.00 bits per heavy atom. The molecule has 0 saturated carbocycles. The normalized spacial score (nSPS) is 16.6. The second-order valence-electron chi connectivity index (χ2n) is 4.81. The molecule has 1 amide bonds. The van der Waals surface area contributed by atoms with Gasteiger partial charge in [0.25, 0.3) is 0 Å². The number of nitrogens with two attached hydrogens (primary N) is 1. The summed E-state index contributed by atoms with van der Waals surface area (Å²) in [6.07, 6.45) is 0.688. The average molecular weight is 318 g/mol. The van der Waals surface area contributed by atoms with Crippen molar-refractivity contribution in [3.63, 3.8) is 0 Å². The molecule has 1 aromatic carbocycles. The van der Waals surface area contributed by atoms with Crippen LogP contribution in [0.25, 0.3) is 0 Å². The molecule has 1 fully saturated rings. The van der Waals surface area contributed by atoms with E-state index in [0.717, 1.165) is 36.9 Å². The Hall–Kier alpha value is -0.970. The van der Waals surface area contributed by atoms with Gasteiger partial charge in [-0.3, -0.25) is 4.79 Å². The minimum atomic E-state index is -0.363. The van der Waals surface area contributed by atoms with E-state index in [-0.39, 0.29) is 24.4 Å². The molecule has 20 heavy (non-hydrogen) atoms. The summed E-state index contributed by atoms with van der Waals surface area (Å²) >= 11 is 6.00. The third-order valence-electron chi connectivity index (χ3n) is 3.52. The Morgan fingerprint density at radius 1 is 1.35 bits per heavy atom. The quantitative estimate of drug-likeness (QED) is 0.929. The maximum Gasteiger partial charge on any atom is 0.239 e. The first kappa shape index (κ1) is 17.1. The number of benzene rings is 1. The van der Waals surface area contributed by atoms with Gasteiger partial charge in [-0.15, -0.1) is 12.4 Å². The number of nitrogens with zero attached hydrogens (tertiary/aromatic N) is 2. The van der Waals surface area contributed by atoms with Gasteiger partial charge in [0.05, 0.1) is 6.04 Å². The molecule has 4 nitrogen and oxygen atoms in total. The lowest BCUT2D eigenvalue weighted by molar-refractivity contribution is -0.132. The van der Waals surface area contributed by atoms with Crippen LogP contribution in [0.3, 0.4) is 0 Å². The van der Waals surface area contributed by atoms with Gasteiger partial charge in [0.1, 0.15) is 0 Å². The third-order valence-corrected chi connectivity index (χ3v) is 3.76. The Bertz CT molecular complexity index is 448. The van der Waals surface area contributed by atoms with E-state index in [0.29, 0.717) is 6.42 Å². The van der Waals surface area contributed by atoms with Crippen LogP contribution in [-0.4, -0.2) is 43.0 Å². The van der Waals surface area contributed by atoms with Crippen LogP contribution in [0, 0.1) is 0 Å².